The first-order chi connectivity index (χ1) is 8.35. The predicted molar refractivity (Wildman–Crippen MR) is 71.1 cm³/mol. The summed E-state index contributed by atoms with van der Waals surface area (Å²) in [6.45, 7) is 0. The lowest BCUT2D eigenvalue weighted by Gasteiger charge is -2.06. The van der Waals surface area contributed by atoms with Gasteiger partial charge in [-0.05, 0) is 30.0 Å². The van der Waals surface area contributed by atoms with E-state index in [9.17, 15) is 17.9 Å². The molecule has 0 bridgehead atoms. The molecular formula is C12H13FO3S2. The Morgan fingerprint density at radius 1 is 1.39 bits per heavy atom. The number of thiophene rings is 1. The highest BCUT2D eigenvalue weighted by atomic mass is 32.2. The predicted octanol–water partition coefficient (Wildman–Crippen LogP) is 2.51. The van der Waals surface area contributed by atoms with Gasteiger partial charge in [-0.25, -0.2) is 12.8 Å². The van der Waals surface area contributed by atoms with Crippen LogP contribution >= 0.6 is 11.3 Å². The smallest absolute Gasteiger partial charge is 0.147 e. The highest BCUT2D eigenvalue weighted by Crippen LogP contribution is 2.31. The summed E-state index contributed by atoms with van der Waals surface area (Å²) in [6, 6.07) is 6.19. The SMILES string of the molecule is CS(=O)(=O)CCC(O)c1cc2ccc(F)cc2s1. The van der Waals surface area contributed by atoms with Crippen molar-refractivity contribution in [2.45, 2.75) is 12.5 Å². The summed E-state index contributed by atoms with van der Waals surface area (Å²) in [5.74, 6) is -0.377. The summed E-state index contributed by atoms with van der Waals surface area (Å²) in [4.78, 5) is 0.666. The van der Waals surface area contributed by atoms with Gasteiger partial charge in [0, 0.05) is 15.8 Å². The Morgan fingerprint density at radius 3 is 2.78 bits per heavy atom. The number of hydrogen-bond donors (Lipinski definition) is 1. The molecule has 18 heavy (non-hydrogen) atoms. The van der Waals surface area contributed by atoms with E-state index in [1.165, 1.54) is 23.5 Å². The molecule has 6 heteroatoms. The quantitative estimate of drug-likeness (QED) is 0.940. The van der Waals surface area contributed by atoms with Crippen LogP contribution in [0, 0.1) is 5.82 Å². The zero-order valence-corrected chi connectivity index (χ0v) is 11.4. The average Bonchev–Trinajstić information content (AvgIpc) is 2.67. The molecule has 0 aliphatic heterocycles. The first kappa shape index (κ1) is 13.5. The number of aliphatic hydroxyl groups excluding tert-OH is 1. The van der Waals surface area contributed by atoms with Gasteiger partial charge >= 0.3 is 0 Å². The summed E-state index contributed by atoms with van der Waals surface area (Å²) in [7, 11) is -3.08. The van der Waals surface area contributed by atoms with Crippen LogP contribution in [0.3, 0.4) is 0 Å². The van der Waals surface area contributed by atoms with Crippen molar-refractivity contribution in [3.63, 3.8) is 0 Å². The van der Waals surface area contributed by atoms with E-state index in [2.05, 4.69) is 0 Å². The summed E-state index contributed by atoms with van der Waals surface area (Å²) < 4.78 is 35.8. The highest BCUT2D eigenvalue weighted by Gasteiger charge is 2.14. The minimum atomic E-state index is -3.08. The van der Waals surface area contributed by atoms with Crippen LogP contribution in [0.25, 0.3) is 10.1 Å². The molecular weight excluding hydrogens is 275 g/mol. The molecule has 0 fully saturated rings. The van der Waals surface area contributed by atoms with Crippen molar-refractivity contribution >= 4 is 31.3 Å². The van der Waals surface area contributed by atoms with Gasteiger partial charge in [-0.15, -0.1) is 11.3 Å². The summed E-state index contributed by atoms with van der Waals surface area (Å²) in [6.07, 6.45) is 0.480. The third-order valence-electron chi connectivity index (χ3n) is 2.59. The van der Waals surface area contributed by atoms with Gasteiger partial charge < -0.3 is 5.11 Å². The summed E-state index contributed by atoms with van der Waals surface area (Å²) in [5.41, 5.74) is 0. The lowest BCUT2D eigenvalue weighted by atomic mass is 10.2. The molecule has 0 saturated carbocycles. The Hall–Kier alpha value is -0.980. The van der Waals surface area contributed by atoms with Gasteiger partial charge in [0.25, 0.3) is 0 Å². The van der Waals surface area contributed by atoms with E-state index in [1.54, 1.807) is 12.1 Å². The standard InChI is InChI=1S/C12H13FO3S2/c1-18(15,16)5-4-10(14)12-6-8-2-3-9(13)7-11(8)17-12/h2-3,6-7,10,14H,4-5H2,1H3. The van der Waals surface area contributed by atoms with E-state index in [1.807, 2.05) is 0 Å². The molecule has 3 nitrogen and oxygen atoms in total. The van der Waals surface area contributed by atoms with Crippen LogP contribution in [-0.4, -0.2) is 25.5 Å². The number of halogens is 1. The van der Waals surface area contributed by atoms with Crippen molar-refractivity contribution in [2.75, 3.05) is 12.0 Å². The second-order valence-electron chi connectivity index (χ2n) is 4.27. The zero-order valence-electron chi connectivity index (χ0n) is 9.76. The Balaban J connectivity index is 2.20. The molecule has 1 heterocycles. The molecule has 0 spiro atoms. The Morgan fingerprint density at radius 2 is 2.11 bits per heavy atom. The van der Waals surface area contributed by atoms with Gasteiger partial charge in [0.15, 0.2) is 0 Å². The minimum Gasteiger partial charge on any atom is -0.388 e. The van der Waals surface area contributed by atoms with Crippen molar-refractivity contribution in [1.29, 1.82) is 0 Å². The maximum absolute atomic E-state index is 13.0. The molecule has 0 aliphatic rings. The number of aliphatic hydroxyl groups is 1. The zero-order chi connectivity index (χ0) is 13.3. The second-order valence-corrected chi connectivity index (χ2v) is 7.64. The van der Waals surface area contributed by atoms with Crippen LogP contribution < -0.4 is 0 Å². The van der Waals surface area contributed by atoms with Gasteiger partial charge in [0.2, 0.25) is 0 Å². The lowest BCUT2D eigenvalue weighted by Crippen LogP contribution is -2.07. The van der Waals surface area contributed by atoms with Crippen LogP contribution in [0.5, 0.6) is 0 Å². The third-order valence-corrected chi connectivity index (χ3v) is 4.77. The monoisotopic (exact) mass is 288 g/mol. The molecule has 1 aromatic heterocycles. The average molecular weight is 288 g/mol. The van der Waals surface area contributed by atoms with Gasteiger partial charge in [0.05, 0.1) is 11.9 Å². The molecule has 0 radical (unpaired) electrons. The third kappa shape index (κ3) is 3.28. The molecule has 0 aliphatic carbocycles. The number of benzene rings is 1. The number of fused-ring (bicyclic) bond motifs is 1. The minimum absolute atomic E-state index is 0.0588. The van der Waals surface area contributed by atoms with Crippen molar-refractivity contribution in [1.82, 2.24) is 0 Å². The van der Waals surface area contributed by atoms with E-state index < -0.39 is 15.9 Å². The number of hydrogen-bond acceptors (Lipinski definition) is 4. The van der Waals surface area contributed by atoms with Gasteiger partial charge in [-0.2, -0.15) is 0 Å². The van der Waals surface area contributed by atoms with Gasteiger partial charge in [-0.3, -0.25) is 0 Å². The summed E-state index contributed by atoms with van der Waals surface area (Å²) in [5, 5.41) is 10.8. The Bertz CT molecular complexity index is 661. The fraction of sp³-hybridized carbons (Fsp3) is 0.333. The van der Waals surface area contributed by atoms with Crippen molar-refractivity contribution in [3.05, 3.63) is 35.0 Å². The molecule has 2 rings (SSSR count). The van der Waals surface area contributed by atoms with Crippen molar-refractivity contribution in [3.8, 4) is 0 Å². The van der Waals surface area contributed by atoms with E-state index in [0.29, 0.717) is 4.88 Å². The molecule has 2 aromatic rings. The van der Waals surface area contributed by atoms with E-state index in [4.69, 9.17) is 0 Å². The number of rotatable bonds is 4. The van der Waals surface area contributed by atoms with Gasteiger partial charge in [-0.1, -0.05) is 6.07 Å². The van der Waals surface area contributed by atoms with E-state index in [-0.39, 0.29) is 18.0 Å². The van der Waals surface area contributed by atoms with E-state index in [0.717, 1.165) is 16.3 Å². The van der Waals surface area contributed by atoms with Crippen LogP contribution in [0.2, 0.25) is 0 Å². The van der Waals surface area contributed by atoms with Crippen LogP contribution in [0.1, 0.15) is 17.4 Å². The Kier molecular flexibility index (Phi) is 3.70. The first-order valence-electron chi connectivity index (χ1n) is 5.40. The fourth-order valence-corrected chi connectivity index (χ4v) is 3.42. The van der Waals surface area contributed by atoms with Crippen molar-refractivity contribution < 1.29 is 17.9 Å². The highest BCUT2D eigenvalue weighted by molar-refractivity contribution is 7.90. The topological polar surface area (TPSA) is 54.4 Å². The first-order valence-corrected chi connectivity index (χ1v) is 8.28. The Labute approximate surface area is 109 Å². The maximum atomic E-state index is 13.0. The fourth-order valence-electron chi connectivity index (χ4n) is 1.66. The normalized spacial score (nSPS) is 13.9. The molecule has 0 amide bonds. The van der Waals surface area contributed by atoms with Crippen LogP contribution in [0.15, 0.2) is 24.3 Å². The largest absolute Gasteiger partial charge is 0.388 e. The molecule has 1 atom stereocenters. The molecule has 0 saturated heterocycles. The van der Waals surface area contributed by atoms with Crippen LogP contribution in [0.4, 0.5) is 4.39 Å². The second kappa shape index (κ2) is 4.95. The van der Waals surface area contributed by atoms with Crippen molar-refractivity contribution in [2.24, 2.45) is 0 Å². The number of sulfone groups is 1. The van der Waals surface area contributed by atoms with E-state index >= 15 is 0 Å². The van der Waals surface area contributed by atoms with Crippen LogP contribution in [-0.2, 0) is 9.84 Å². The molecule has 1 unspecified atom stereocenters. The molecule has 1 N–H and O–H groups in total. The van der Waals surface area contributed by atoms with Gasteiger partial charge in [0.1, 0.15) is 15.7 Å². The molecule has 1 aromatic carbocycles. The maximum Gasteiger partial charge on any atom is 0.147 e. The lowest BCUT2D eigenvalue weighted by molar-refractivity contribution is 0.178. The molecule has 98 valence electrons. The summed E-state index contributed by atoms with van der Waals surface area (Å²) >= 11 is 1.29.